The molecule has 0 spiro atoms. The van der Waals surface area contributed by atoms with Gasteiger partial charge in [-0.15, -0.1) is 0 Å². The monoisotopic (exact) mass is 525 g/mol. The second kappa shape index (κ2) is 11.4. The van der Waals surface area contributed by atoms with Crippen LogP contribution >= 0.6 is 23.2 Å². The molecule has 5 nitrogen and oxygen atoms in total. The van der Waals surface area contributed by atoms with Crippen LogP contribution in [0.2, 0.25) is 10.0 Å². The number of nitrogens with one attached hydrogen (secondary N) is 2. The van der Waals surface area contributed by atoms with Crippen molar-refractivity contribution in [3.8, 4) is 0 Å². The van der Waals surface area contributed by atoms with Crippen molar-refractivity contribution in [3.05, 3.63) is 75.9 Å². The average molecular weight is 527 g/mol. The molecule has 3 aromatic rings. The van der Waals surface area contributed by atoms with Crippen LogP contribution in [0.4, 0.5) is 0 Å². The highest BCUT2D eigenvalue weighted by Crippen LogP contribution is 2.34. The molecule has 36 heavy (non-hydrogen) atoms. The Bertz CT molecular complexity index is 1230. The van der Waals surface area contributed by atoms with Crippen molar-refractivity contribution < 1.29 is 9.90 Å². The van der Waals surface area contributed by atoms with E-state index >= 15 is 0 Å². The maximum atomic E-state index is 12.4. The summed E-state index contributed by atoms with van der Waals surface area (Å²) in [4.78, 5) is 18.2. The number of aliphatic hydroxyl groups excluding tert-OH is 1. The van der Waals surface area contributed by atoms with Crippen molar-refractivity contribution in [1.29, 1.82) is 0 Å². The highest BCUT2D eigenvalue weighted by molar-refractivity contribution is 6.42. The molecule has 2 aliphatic rings. The van der Waals surface area contributed by atoms with Gasteiger partial charge in [0, 0.05) is 48.2 Å². The van der Waals surface area contributed by atoms with Gasteiger partial charge in [-0.25, -0.2) is 0 Å². The SMILES string of the molecule is O=C(/C=C/c1ccc(Cl)c(Cl)c1)NC1CCC(CN2CCC(c3c[nH]c4ccccc34)C(O)C2)CC1. The summed E-state index contributed by atoms with van der Waals surface area (Å²) in [7, 11) is 0. The number of benzene rings is 2. The van der Waals surface area contributed by atoms with Crippen LogP contribution in [0.25, 0.3) is 17.0 Å². The number of aromatic nitrogens is 1. The van der Waals surface area contributed by atoms with Gasteiger partial charge in [0.1, 0.15) is 0 Å². The minimum atomic E-state index is -0.351. The molecule has 0 radical (unpaired) electrons. The highest BCUT2D eigenvalue weighted by atomic mass is 35.5. The Balaban J connectivity index is 1.06. The molecular formula is C29H33Cl2N3O2. The van der Waals surface area contributed by atoms with Gasteiger partial charge in [-0.3, -0.25) is 4.79 Å². The van der Waals surface area contributed by atoms with E-state index in [-0.39, 0.29) is 24.0 Å². The minimum Gasteiger partial charge on any atom is -0.391 e. The lowest BCUT2D eigenvalue weighted by Crippen LogP contribution is -2.45. The van der Waals surface area contributed by atoms with Gasteiger partial charge in [0.05, 0.1) is 16.1 Å². The van der Waals surface area contributed by atoms with Crippen molar-refractivity contribution in [2.75, 3.05) is 19.6 Å². The molecule has 190 valence electrons. The maximum Gasteiger partial charge on any atom is 0.244 e. The quantitative estimate of drug-likeness (QED) is 0.345. The zero-order valence-corrected chi connectivity index (χ0v) is 21.8. The topological polar surface area (TPSA) is 68.4 Å². The third-order valence-electron chi connectivity index (χ3n) is 7.77. The molecule has 0 bridgehead atoms. The van der Waals surface area contributed by atoms with E-state index in [1.54, 1.807) is 24.3 Å². The standard InChI is InChI=1S/C29H33Cl2N3O2/c30-25-11-7-19(15-26(25)31)8-12-29(36)33-21-9-5-20(6-10-21)17-34-14-13-23(28(35)18-34)24-16-32-27-4-2-1-3-22(24)27/h1-4,7-8,11-12,15-16,20-21,23,28,32,35H,5-6,9-10,13-14,17-18H2,(H,33,36)/b12-8+. The van der Waals surface area contributed by atoms with Crippen molar-refractivity contribution in [2.24, 2.45) is 5.92 Å². The number of aliphatic hydroxyl groups is 1. The molecule has 2 unspecified atom stereocenters. The van der Waals surface area contributed by atoms with Crippen LogP contribution < -0.4 is 5.32 Å². The number of rotatable bonds is 6. The number of nitrogens with zero attached hydrogens (tertiary/aromatic N) is 1. The van der Waals surface area contributed by atoms with E-state index in [1.807, 2.05) is 12.1 Å². The molecule has 2 aromatic carbocycles. The Labute approximate surface area is 222 Å². The normalized spacial score (nSPS) is 25.4. The molecule has 1 saturated carbocycles. The fraction of sp³-hybridized carbons (Fsp3) is 0.414. The Morgan fingerprint density at radius 2 is 1.89 bits per heavy atom. The van der Waals surface area contributed by atoms with Crippen LogP contribution in [-0.2, 0) is 4.79 Å². The molecule has 5 rings (SSSR count). The highest BCUT2D eigenvalue weighted by Gasteiger charge is 2.32. The number of amides is 1. The van der Waals surface area contributed by atoms with Gasteiger partial charge in [-0.05, 0) is 80.0 Å². The lowest BCUT2D eigenvalue weighted by molar-refractivity contribution is -0.117. The Hall–Kier alpha value is -2.31. The summed E-state index contributed by atoms with van der Waals surface area (Å²) in [5.74, 6) is 0.717. The summed E-state index contributed by atoms with van der Waals surface area (Å²) in [6, 6.07) is 13.9. The number of piperidine rings is 1. The van der Waals surface area contributed by atoms with Gasteiger partial charge in [0.25, 0.3) is 0 Å². The summed E-state index contributed by atoms with van der Waals surface area (Å²) in [5.41, 5.74) is 3.22. The molecule has 1 aromatic heterocycles. The number of likely N-dealkylation sites (tertiary alicyclic amines) is 1. The van der Waals surface area contributed by atoms with Gasteiger partial charge in [0.2, 0.25) is 5.91 Å². The van der Waals surface area contributed by atoms with E-state index in [0.717, 1.165) is 62.8 Å². The van der Waals surface area contributed by atoms with Gasteiger partial charge in [0.15, 0.2) is 0 Å². The molecular weight excluding hydrogens is 493 g/mol. The molecule has 7 heteroatoms. The van der Waals surface area contributed by atoms with Gasteiger partial charge in [-0.1, -0.05) is 47.5 Å². The molecule has 2 atom stereocenters. The van der Waals surface area contributed by atoms with E-state index in [2.05, 4.69) is 39.6 Å². The number of carbonyl (C=O) groups is 1. The number of H-pyrrole nitrogens is 1. The summed E-state index contributed by atoms with van der Waals surface area (Å²) in [6.07, 6.45) is 10.2. The van der Waals surface area contributed by atoms with Crippen LogP contribution in [0.3, 0.4) is 0 Å². The molecule has 1 aliphatic carbocycles. The molecule has 2 fully saturated rings. The number of fused-ring (bicyclic) bond motifs is 1. The zero-order chi connectivity index (χ0) is 25.1. The van der Waals surface area contributed by atoms with E-state index < -0.39 is 0 Å². The van der Waals surface area contributed by atoms with Crippen molar-refractivity contribution in [3.63, 3.8) is 0 Å². The van der Waals surface area contributed by atoms with Crippen LogP contribution in [0.1, 0.15) is 49.1 Å². The van der Waals surface area contributed by atoms with Crippen LogP contribution in [0, 0.1) is 5.92 Å². The van der Waals surface area contributed by atoms with E-state index in [1.165, 1.54) is 10.9 Å². The van der Waals surface area contributed by atoms with Crippen LogP contribution in [-0.4, -0.2) is 52.7 Å². The van der Waals surface area contributed by atoms with E-state index in [0.29, 0.717) is 16.0 Å². The third-order valence-corrected chi connectivity index (χ3v) is 8.51. The third kappa shape index (κ3) is 5.97. The number of carbonyl (C=O) groups excluding carboxylic acids is 1. The summed E-state index contributed by atoms with van der Waals surface area (Å²) < 4.78 is 0. The van der Waals surface area contributed by atoms with Crippen molar-refractivity contribution in [1.82, 2.24) is 15.2 Å². The number of aromatic amines is 1. The van der Waals surface area contributed by atoms with Crippen LogP contribution in [0.15, 0.2) is 54.7 Å². The second-order valence-corrected chi connectivity index (χ2v) is 11.1. The minimum absolute atomic E-state index is 0.0769. The number of hydrogen-bond acceptors (Lipinski definition) is 3. The summed E-state index contributed by atoms with van der Waals surface area (Å²) >= 11 is 12.0. The Morgan fingerprint density at radius 1 is 1.08 bits per heavy atom. The largest absolute Gasteiger partial charge is 0.391 e. The van der Waals surface area contributed by atoms with Crippen molar-refractivity contribution >= 4 is 46.1 Å². The first-order chi connectivity index (χ1) is 17.5. The lowest BCUT2D eigenvalue weighted by Gasteiger charge is -2.39. The first-order valence-corrected chi connectivity index (χ1v) is 13.6. The number of β-amino-alcohol motifs (C(OH)–C–C–N with tert-alkyl or cyclic N) is 1. The second-order valence-electron chi connectivity index (χ2n) is 10.2. The van der Waals surface area contributed by atoms with Crippen LogP contribution in [0.5, 0.6) is 0 Å². The summed E-state index contributed by atoms with van der Waals surface area (Å²) in [5, 5.41) is 16.3. The molecule has 1 aliphatic heterocycles. The Morgan fingerprint density at radius 3 is 2.67 bits per heavy atom. The summed E-state index contributed by atoms with van der Waals surface area (Å²) in [6.45, 7) is 2.76. The van der Waals surface area contributed by atoms with Crippen molar-refractivity contribution in [2.45, 2.75) is 50.2 Å². The smallest absolute Gasteiger partial charge is 0.244 e. The average Bonchev–Trinajstić information content (AvgIpc) is 3.30. The van der Waals surface area contributed by atoms with E-state index in [9.17, 15) is 9.90 Å². The molecule has 2 heterocycles. The number of halogens is 2. The van der Waals surface area contributed by atoms with Gasteiger partial charge >= 0.3 is 0 Å². The first-order valence-electron chi connectivity index (χ1n) is 12.9. The maximum absolute atomic E-state index is 12.4. The fourth-order valence-electron chi connectivity index (χ4n) is 5.82. The van der Waals surface area contributed by atoms with E-state index in [4.69, 9.17) is 23.2 Å². The molecule has 1 amide bonds. The number of para-hydroxylation sites is 1. The predicted molar refractivity (Wildman–Crippen MR) is 147 cm³/mol. The molecule has 1 saturated heterocycles. The van der Waals surface area contributed by atoms with Gasteiger partial charge in [-0.2, -0.15) is 0 Å². The van der Waals surface area contributed by atoms with Gasteiger partial charge < -0.3 is 20.3 Å². The fourth-order valence-corrected chi connectivity index (χ4v) is 6.12. The zero-order valence-electron chi connectivity index (χ0n) is 20.3. The predicted octanol–water partition coefficient (Wildman–Crippen LogP) is 6.01. The lowest BCUT2D eigenvalue weighted by atomic mass is 9.83. The first kappa shape index (κ1) is 25.3. The Kier molecular flexibility index (Phi) is 8.02. The number of hydrogen-bond donors (Lipinski definition) is 3. The molecule has 3 N–H and O–H groups in total.